The lowest BCUT2D eigenvalue weighted by Crippen LogP contribution is -2.16. The minimum absolute atomic E-state index is 0.0718. The number of hydrogen-bond donors (Lipinski definition) is 1. The zero-order valence-corrected chi connectivity index (χ0v) is 16.9. The number of carbonyl (C=O) groups is 1. The summed E-state index contributed by atoms with van der Waals surface area (Å²) in [7, 11) is 0. The SMILES string of the molecule is C/C(C=NNC(=O)c1ccc(Cn2cc(Br)c([N+](=O)[O-])n2)o1)=C/c1ccccc1. The Balaban J connectivity index is 1.58. The van der Waals surface area contributed by atoms with Crippen molar-refractivity contribution in [1.29, 1.82) is 0 Å². The van der Waals surface area contributed by atoms with Crippen molar-refractivity contribution >= 4 is 39.9 Å². The minimum Gasteiger partial charge on any atom is -0.454 e. The Kier molecular flexibility index (Phi) is 6.35. The Morgan fingerprint density at radius 2 is 2.10 bits per heavy atom. The van der Waals surface area contributed by atoms with Crippen LogP contribution in [0.4, 0.5) is 5.82 Å². The van der Waals surface area contributed by atoms with Gasteiger partial charge in [-0.1, -0.05) is 36.4 Å². The van der Waals surface area contributed by atoms with Gasteiger partial charge in [0.2, 0.25) is 0 Å². The van der Waals surface area contributed by atoms with Crippen LogP contribution in [-0.4, -0.2) is 26.8 Å². The molecule has 148 valence electrons. The quantitative estimate of drug-likeness (QED) is 0.326. The van der Waals surface area contributed by atoms with Gasteiger partial charge in [-0.2, -0.15) is 9.78 Å². The first-order valence-corrected chi connectivity index (χ1v) is 9.24. The van der Waals surface area contributed by atoms with Crippen molar-refractivity contribution < 1.29 is 14.1 Å². The molecule has 0 spiro atoms. The highest BCUT2D eigenvalue weighted by atomic mass is 79.9. The fraction of sp³-hybridized carbons (Fsp3) is 0.105. The lowest BCUT2D eigenvalue weighted by atomic mass is 10.1. The van der Waals surface area contributed by atoms with Gasteiger partial charge in [-0.25, -0.2) is 5.43 Å². The zero-order valence-electron chi connectivity index (χ0n) is 15.3. The summed E-state index contributed by atoms with van der Waals surface area (Å²) in [6.45, 7) is 2.01. The van der Waals surface area contributed by atoms with Crippen molar-refractivity contribution in [3.63, 3.8) is 0 Å². The Morgan fingerprint density at radius 3 is 2.79 bits per heavy atom. The second-order valence-electron chi connectivity index (χ2n) is 6.02. The van der Waals surface area contributed by atoms with Crippen LogP contribution in [0.25, 0.3) is 6.08 Å². The average Bonchev–Trinajstić information content (AvgIpc) is 3.29. The third-order valence-electron chi connectivity index (χ3n) is 3.70. The van der Waals surface area contributed by atoms with Crippen LogP contribution >= 0.6 is 15.9 Å². The molecular formula is C19H16BrN5O4. The second kappa shape index (κ2) is 9.11. The fourth-order valence-corrected chi connectivity index (χ4v) is 2.89. The Bertz CT molecular complexity index is 1090. The van der Waals surface area contributed by atoms with E-state index in [9.17, 15) is 14.9 Å². The number of amides is 1. The molecule has 1 N–H and O–H groups in total. The standard InChI is InChI=1S/C19H16BrN5O4/c1-13(9-14-5-3-2-4-6-14)10-21-22-19(26)17-8-7-15(29-17)11-24-12-16(20)18(23-24)25(27)28/h2-10,12H,11H2,1H3,(H,22,26)/b13-9-,21-10?. The molecule has 10 heteroatoms. The average molecular weight is 458 g/mol. The van der Waals surface area contributed by atoms with E-state index in [-0.39, 0.29) is 22.6 Å². The van der Waals surface area contributed by atoms with Gasteiger partial charge in [0.05, 0.1) is 17.5 Å². The van der Waals surface area contributed by atoms with Crippen LogP contribution < -0.4 is 5.43 Å². The van der Waals surface area contributed by atoms with Crippen molar-refractivity contribution in [2.75, 3.05) is 0 Å². The number of rotatable bonds is 7. The minimum atomic E-state index is -0.589. The van der Waals surface area contributed by atoms with Crippen LogP contribution in [0.5, 0.6) is 0 Å². The molecule has 0 aliphatic rings. The first-order valence-electron chi connectivity index (χ1n) is 8.45. The van der Waals surface area contributed by atoms with Crippen molar-refractivity contribution in [3.8, 4) is 0 Å². The molecule has 0 saturated carbocycles. The van der Waals surface area contributed by atoms with Gasteiger partial charge in [0.1, 0.15) is 16.8 Å². The number of furan rings is 1. The first-order chi connectivity index (χ1) is 13.9. The molecular weight excluding hydrogens is 442 g/mol. The van der Waals surface area contributed by atoms with Gasteiger partial charge in [0, 0.05) is 0 Å². The Hall–Kier alpha value is -3.53. The molecule has 0 fully saturated rings. The molecule has 9 nitrogen and oxygen atoms in total. The summed E-state index contributed by atoms with van der Waals surface area (Å²) in [6.07, 6.45) is 4.93. The number of hydrogen-bond acceptors (Lipinski definition) is 6. The van der Waals surface area contributed by atoms with E-state index in [1.54, 1.807) is 6.07 Å². The molecule has 0 unspecified atom stereocenters. The summed E-state index contributed by atoms with van der Waals surface area (Å²) in [6, 6.07) is 12.8. The number of nitro groups is 1. The highest BCUT2D eigenvalue weighted by molar-refractivity contribution is 9.10. The van der Waals surface area contributed by atoms with Crippen molar-refractivity contribution in [3.05, 3.63) is 85.9 Å². The molecule has 2 heterocycles. The third kappa shape index (κ3) is 5.48. The number of carbonyl (C=O) groups excluding carboxylic acids is 1. The van der Waals surface area contributed by atoms with Gasteiger partial charge in [0.25, 0.3) is 0 Å². The molecule has 3 aromatic rings. The second-order valence-corrected chi connectivity index (χ2v) is 6.87. The van der Waals surface area contributed by atoms with Gasteiger partial charge >= 0.3 is 11.7 Å². The molecule has 0 atom stereocenters. The molecule has 29 heavy (non-hydrogen) atoms. The predicted octanol–water partition coefficient (Wildman–Crippen LogP) is 4.01. The van der Waals surface area contributed by atoms with Crippen LogP contribution in [0.3, 0.4) is 0 Å². The lowest BCUT2D eigenvalue weighted by molar-refractivity contribution is -0.390. The molecule has 2 aromatic heterocycles. The number of aromatic nitrogens is 2. The van der Waals surface area contributed by atoms with Gasteiger partial charge < -0.3 is 14.5 Å². The summed E-state index contributed by atoms with van der Waals surface area (Å²) >= 11 is 3.08. The van der Waals surface area contributed by atoms with E-state index >= 15 is 0 Å². The maximum atomic E-state index is 12.1. The van der Waals surface area contributed by atoms with E-state index in [0.717, 1.165) is 11.1 Å². The van der Waals surface area contributed by atoms with E-state index < -0.39 is 10.8 Å². The molecule has 3 rings (SSSR count). The number of benzene rings is 1. The number of nitrogens with zero attached hydrogens (tertiary/aromatic N) is 4. The maximum absolute atomic E-state index is 12.1. The summed E-state index contributed by atoms with van der Waals surface area (Å²) in [5, 5.41) is 18.6. The van der Waals surface area contributed by atoms with E-state index in [4.69, 9.17) is 4.42 Å². The monoisotopic (exact) mass is 457 g/mol. The van der Waals surface area contributed by atoms with E-state index in [0.29, 0.717) is 5.76 Å². The van der Waals surface area contributed by atoms with Crippen LogP contribution in [0.1, 0.15) is 28.8 Å². The Morgan fingerprint density at radius 1 is 1.34 bits per heavy atom. The molecule has 0 radical (unpaired) electrons. The normalized spacial score (nSPS) is 11.7. The maximum Gasteiger partial charge on any atom is 0.404 e. The molecule has 0 bridgehead atoms. The summed E-state index contributed by atoms with van der Waals surface area (Å²) < 4.78 is 7.08. The topological polar surface area (TPSA) is 116 Å². The zero-order chi connectivity index (χ0) is 20.8. The third-order valence-corrected chi connectivity index (χ3v) is 4.26. The van der Waals surface area contributed by atoms with Crippen LogP contribution in [-0.2, 0) is 6.54 Å². The highest BCUT2D eigenvalue weighted by Crippen LogP contribution is 2.22. The van der Waals surface area contributed by atoms with Crippen LogP contribution in [0, 0.1) is 10.1 Å². The largest absolute Gasteiger partial charge is 0.454 e. The van der Waals surface area contributed by atoms with Crippen LogP contribution in [0.2, 0.25) is 0 Å². The first kappa shape index (κ1) is 20.2. The van der Waals surface area contributed by atoms with Gasteiger partial charge in [-0.3, -0.25) is 4.79 Å². The molecule has 1 aromatic carbocycles. The van der Waals surface area contributed by atoms with E-state index in [1.807, 2.05) is 43.3 Å². The lowest BCUT2D eigenvalue weighted by Gasteiger charge is -1.97. The van der Waals surface area contributed by atoms with Gasteiger partial charge in [-0.15, -0.1) is 0 Å². The van der Waals surface area contributed by atoms with E-state index in [2.05, 4.69) is 31.6 Å². The van der Waals surface area contributed by atoms with Crippen molar-refractivity contribution in [2.45, 2.75) is 13.5 Å². The fourth-order valence-electron chi connectivity index (χ4n) is 2.43. The smallest absolute Gasteiger partial charge is 0.404 e. The highest BCUT2D eigenvalue weighted by Gasteiger charge is 2.19. The summed E-state index contributed by atoms with van der Waals surface area (Å²) in [5.41, 5.74) is 4.29. The molecule has 0 aliphatic heterocycles. The van der Waals surface area contributed by atoms with Gasteiger partial charge in [-0.05, 0) is 51.0 Å². The molecule has 1 amide bonds. The van der Waals surface area contributed by atoms with Crippen molar-refractivity contribution in [2.24, 2.45) is 5.10 Å². The number of nitrogens with one attached hydrogen (secondary N) is 1. The van der Waals surface area contributed by atoms with Crippen molar-refractivity contribution in [1.82, 2.24) is 15.2 Å². The number of hydrazone groups is 1. The Labute approximate surface area is 174 Å². The van der Waals surface area contributed by atoms with Gasteiger partial charge in [0.15, 0.2) is 5.76 Å². The number of halogens is 1. The predicted molar refractivity (Wildman–Crippen MR) is 110 cm³/mol. The van der Waals surface area contributed by atoms with Crippen LogP contribution in [0.15, 0.2) is 68.2 Å². The number of allylic oxidation sites excluding steroid dienone is 1. The molecule has 0 saturated heterocycles. The summed E-state index contributed by atoms with van der Waals surface area (Å²) in [4.78, 5) is 22.4. The summed E-state index contributed by atoms with van der Waals surface area (Å²) in [5.74, 6) is -0.304. The van der Waals surface area contributed by atoms with E-state index in [1.165, 1.54) is 23.2 Å². The molecule has 0 aliphatic carbocycles.